The number of ether oxygens (including phenoxy) is 2. The third-order valence-corrected chi connectivity index (χ3v) is 4.71. The van der Waals surface area contributed by atoms with Gasteiger partial charge in [-0.25, -0.2) is 0 Å². The van der Waals surface area contributed by atoms with Crippen LogP contribution < -0.4 is 0 Å². The summed E-state index contributed by atoms with van der Waals surface area (Å²) in [5, 5.41) is 0. The molecular weight excluding hydrogens is 248 g/mol. The molecule has 0 spiro atoms. The zero-order valence-electron chi connectivity index (χ0n) is 14.6. The Hall–Kier alpha value is -0.0800. The highest BCUT2D eigenvalue weighted by molar-refractivity contribution is 4.86. The van der Waals surface area contributed by atoms with Gasteiger partial charge in [0.05, 0.1) is 18.8 Å². The van der Waals surface area contributed by atoms with E-state index in [0.717, 1.165) is 6.61 Å². The Kier molecular flexibility index (Phi) is 7.00. The zero-order valence-corrected chi connectivity index (χ0v) is 14.6. The fraction of sp³-hybridized carbons (Fsp3) is 1.00. The summed E-state index contributed by atoms with van der Waals surface area (Å²) in [7, 11) is 1.84. The minimum absolute atomic E-state index is 0.266. The standard InChI is InChI=1S/C18H36O2/c1-17(2,3)15(19-6)12-10-8-7-9-11-13-16-18(4,5)14-20-16/h15-16H,7-14H2,1-6H3. The molecule has 1 aliphatic heterocycles. The molecule has 0 aromatic heterocycles. The molecule has 1 rings (SSSR count). The molecule has 2 nitrogen and oxygen atoms in total. The van der Waals surface area contributed by atoms with Crippen LogP contribution in [0.3, 0.4) is 0 Å². The summed E-state index contributed by atoms with van der Waals surface area (Å²) in [4.78, 5) is 0. The average Bonchev–Trinajstić information content (AvgIpc) is 2.34. The second-order valence-corrected chi connectivity index (χ2v) is 8.22. The molecule has 0 N–H and O–H groups in total. The molecule has 20 heavy (non-hydrogen) atoms. The number of methoxy groups -OCH3 is 1. The Balaban J connectivity index is 1.97. The zero-order chi connectivity index (χ0) is 15.2. The first-order valence-corrected chi connectivity index (χ1v) is 8.42. The van der Waals surface area contributed by atoms with Gasteiger partial charge in [0.25, 0.3) is 0 Å². The molecule has 2 unspecified atom stereocenters. The number of hydrogen-bond donors (Lipinski definition) is 0. The summed E-state index contributed by atoms with van der Waals surface area (Å²) in [5.74, 6) is 0. The van der Waals surface area contributed by atoms with Crippen LogP contribution in [0.4, 0.5) is 0 Å². The van der Waals surface area contributed by atoms with E-state index in [9.17, 15) is 0 Å². The van der Waals surface area contributed by atoms with Crippen LogP contribution in [0.15, 0.2) is 0 Å². The predicted octanol–water partition coefficient (Wildman–Crippen LogP) is 5.20. The van der Waals surface area contributed by atoms with Gasteiger partial charge in [0.15, 0.2) is 0 Å². The quantitative estimate of drug-likeness (QED) is 0.542. The van der Waals surface area contributed by atoms with Crippen LogP contribution in [-0.2, 0) is 9.47 Å². The SMILES string of the molecule is COC(CCCCCCCC1OCC1(C)C)C(C)(C)C. The Labute approximate surface area is 126 Å². The molecule has 120 valence electrons. The van der Waals surface area contributed by atoms with Gasteiger partial charge in [0.1, 0.15) is 0 Å². The summed E-state index contributed by atoms with van der Waals surface area (Å²) in [5.41, 5.74) is 0.695. The fourth-order valence-electron chi connectivity index (χ4n) is 3.10. The van der Waals surface area contributed by atoms with Crippen molar-refractivity contribution in [1.82, 2.24) is 0 Å². The average molecular weight is 284 g/mol. The summed E-state index contributed by atoms with van der Waals surface area (Å²) in [6.45, 7) is 12.4. The van der Waals surface area contributed by atoms with E-state index in [-0.39, 0.29) is 5.41 Å². The van der Waals surface area contributed by atoms with Crippen molar-refractivity contribution < 1.29 is 9.47 Å². The second kappa shape index (κ2) is 7.79. The van der Waals surface area contributed by atoms with Crippen molar-refractivity contribution in [1.29, 1.82) is 0 Å². The highest BCUT2D eigenvalue weighted by atomic mass is 16.5. The van der Waals surface area contributed by atoms with Gasteiger partial charge in [-0.15, -0.1) is 0 Å². The van der Waals surface area contributed by atoms with Crippen molar-refractivity contribution in [3.8, 4) is 0 Å². The Morgan fingerprint density at radius 3 is 2.15 bits per heavy atom. The first kappa shape index (κ1) is 18.0. The van der Waals surface area contributed by atoms with Crippen molar-refractivity contribution >= 4 is 0 Å². The normalized spacial score (nSPS) is 23.4. The molecule has 0 radical (unpaired) electrons. The van der Waals surface area contributed by atoms with Gasteiger partial charge in [0.2, 0.25) is 0 Å². The Morgan fingerprint density at radius 2 is 1.70 bits per heavy atom. The molecule has 1 heterocycles. The van der Waals surface area contributed by atoms with Gasteiger partial charge in [0, 0.05) is 12.5 Å². The lowest BCUT2D eigenvalue weighted by Crippen LogP contribution is -2.47. The first-order valence-electron chi connectivity index (χ1n) is 8.42. The molecule has 0 bridgehead atoms. The molecule has 1 saturated heterocycles. The summed E-state index contributed by atoms with van der Waals surface area (Å²) in [6.07, 6.45) is 10.0. The van der Waals surface area contributed by atoms with E-state index >= 15 is 0 Å². The van der Waals surface area contributed by atoms with E-state index in [4.69, 9.17) is 9.47 Å². The van der Waals surface area contributed by atoms with Crippen LogP contribution in [-0.4, -0.2) is 25.9 Å². The van der Waals surface area contributed by atoms with Gasteiger partial charge >= 0.3 is 0 Å². The molecular formula is C18H36O2. The summed E-state index contributed by atoms with van der Waals surface area (Å²) < 4.78 is 11.2. The van der Waals surface area contributed by atoms with Gasteiger partial charge in [-0.2, -0.15) is 0 Å². The van der Waals surface area contributed by atoms with Crippen molar-refractivity contribution in [3.05, 3.63) is 0 Å². The summed E-state index contributed by atoms with van der Waals surface area (Å²) >= 11 is 0. The van der Waals surface area contributed by atoms with Crippen LogP contribution in [0.25, 0.3) is 0 Å². The lowest BCUT2D eigenvalue weighted by Gasteiger charge is -2.44. The fourth-order valence-corrected chi connectivity index (χ4v) is 3.10. The minimum Gasteiger partial charge on any atom is -0.381 e. The second-order valence-electron chi connectivity index (χ2n) is 8.22. The van der Waals surface area contributed by atoms with Crippen LogP contribution in [0.5, 0.6) is 0 Å². The molecule has 0 saturated carbocycles. The topological polar surface area (TPSA) is 18.5 Å². The lowest BCUT2D eigenvalue weighted by molar-refractivity contribution is -0.171. The monoisotopic (exact) mass is 284 g/mol. The molecule has 1 aliphatic rings. The Morgan fingerprint density at radius 1 is 1.10 bits per heavy atom. The number of unbranched alkanes of at least 4 members (excludes halogenated alkanes) is 4. The highest BCUT2D eigenvalue weighted by Gasteiger charge is 2.39. The molecule has 1 fully saturated rings. The number of rotatable bonds is 9. The number of hydrogen-bond acceptors (Lipinski definition) is 2. The maximum atomic E-state index is 5.64. The van der Waals surface area contributed by atoms with Crippen LogP contribution >= 0.6 is 0 Å². The van der Waals surface area contributed by atoms with Gasteiger partial charge in [-0.05, 0) is 18.3 Å². The van der Waals surface area contributed by atoms with Crippen molar-refractivity contribution in [2.75, 3.05) is 13.7 Å². The van der Waals surface area contributed by atoms with Gasteiger partial charge in [-0.1, -0.05) is 66.7 Å². The minimum atomic E-state index is 0.266. The third-order valence-electron chi connectivity index (χ3n) is 4.71. The van der Waals surface area contributed by atoms with Crippen LogP contribution in [0.2, 0.25) is 0 Å². The maximum Gasteiger partial charge on any atom is 0.0648 e. The van der Waals surface area contributed by atoms with E-state index in [0.29, 0.717) is 17.6 Å². The molecule has 0 aromatic rings. The van der Waals surface area contributed by atoms with Crippen LogP contribution in [0.1, 0.15) is 79.6 Å². The summed E-state index contributed by atoms with van der Waals surface area (Å²) in [6, 6.07) is 0. The Bertz CT molecular complexity index is 265. The largest absolute Gasteiger partial charge is 0.381 e. The van der Waals surface area contributed by atoms with E-state index in [1.807, 2.05) is 7.11 Å². The van der Waals surface area contributed by atoms with E-state index in [1.54, 1.807) is 0 Å². The van der Waals surface area contributed by atoms with Gasteiger partial charge in [-0.3, -0.25) is 0 Å². The predicted molar refractivity (Wildman–Crippen MR) is 86.1 cm³/mol. The van der Waals surface area contributed by atoms with Crippen molar-refractivity contribution in [3.63, 3.8) is 0 Å². The first-order chi connectivity index (χ1) is 9.27. The lowest BCUT2D eigenvalue weighted by atomic mass is 9.80. The molecule has 2 heteroatoms. The van der Waals surface area contributed by atoms with E-state index < -0.39 is 0 Å². The molecule has 0 amide bonds. The molecule has 2 atom stereocenters. The van der Waals surface area contributed by atoms with Crippen molar-refractivity contribution in [2.45, 2.75) is 91.8 Å². The highest BCUT2D eigenvalue weighted by Crippen LogP contribution is 2.36. The smallest absolute Gasteiger partial charge is 0.0648 e. The van der Waals surface area contributed by atoms with Crippen LogP contribution in [0, 0.1) is 10.8 Å². The molecule has 0 aromatic carbocycles. The van der Waals surface area contributed by atoms with E-state index in [2.05, 4.69) is 34.6 Å². The molecule has 0 aliphatic carbocycles. The third kappa shape index (κ3) is 5.73. The van der Waals surface area contributed by atoms with Gasteiger partial charge < -0.3 is 9.47 Å². The maximum absolute atomic E-state index is 5.64. The van der Waals surface area contributed by atoms with Crippen molar-refractivity contribution in [2.24, 2.45) is 10.8 Å². The van der Waals surface area contributed by atoms with E-state index in [1.165, 1.54) is 44.9 Å².